The fourth-order valence-corrected chi connectivity index (χ4v) is 1.85. The van der Waals surface area contributed by atoms with Gasteiger partial charge in [0.15, 0.2) is 0 Å². The first kappa shape index (κ1) is 13.9. The number of amides is 1. The molecule has 2 rings (SSSR count). The van der Waals surface area contributed by atoms with Gasteiger partial charge in [-0.1, -0.05) is 18.2 Å². The molecule has 5 heteroatoms. The second kappa shape index (κ2) is 7.13. The molecule has 1 aromatic carbocycles. The molecule has 4 N–H and O–H groups in total. The van der Waals surface area contributed by atoms with Gasteiger partial charge < -0.3 is 16.4 Å². The van der Waals surface area contributed by atoms with Crippen LogP contribution in [0.15, 0.2) is 48.8 Å². The standard InChI is InChI=1S/C15H18N4O/c16-15(20)13-11-17-10-7-14(13)19-9-4-8-18-12-5-2-1-3-6-12/h1-3,5-7,10-11,18H,4,8-9H2,(H2,16,20)(H,17,19). The number of primary amides is 1. The SMILES string of the molecule is NC(=O)c1cnccc1NCCCNc1ccccc1. The Morgan fingerprint density at radius 1 is 1.10 bits per heavy atom. The number of aromatic nitrogens is 1. The van der Waals surface area contributed by atoms with Crippen molar-refractivity contribution in [1.29, 1.82) is 0 Å². The Bertz CT molecular complexity index is 557. The van der Waals surface area contributed by atoms with Gasteiger partial charge in [0, 0.05) is 31.2 Å². The molecule has 1 amide bonds. The Kier molecular flexibility index (Phi) is 4.94. The lowest BCUT2D eigenvalue weighted by atomic mass is 10.2. The molecule has 0 radical (unpaired) electrons. The van der Waals surface area contributed by atoms with Gasteiger partial charge in [0.25, 0.3) is 5.91 Å². The minimum absolute atomic E-state index is 0.420. The van der Waals surface area contributed by atoms with Gasteiger partial charge in [-0.15, -0.1) is 0 Å². The lowest BCUT2D eigenvalue weighted by Gasteiger charge is -2.10. The normalized spacial score (nSPS) is 10.0. The molecule has 0 spiro atoms. The average molecular weight is 270 g/mol. The summed E-state index contributed by atoms with van der Waals surface area (Å²) in [5.41, 5.74) is 7.54. The highest BCUT2D eigenvalue weighted by Gasteiger charge is 2.06. The van der Waals surface area contributed by atoms with Gasteiger partial charge in [-0.3, -0.25) is 9.78 Å². The molecule has 0 atom stereocenters. The summed E-state index contributed by atoms with van der Waals surface area (Å²) in [5.74, 6) is -0.469. The zero-order chi connectivity index (χ0) is 14.2. The Morgan fingerprint density at radius 2 is 1.85 bits per heavy atom. The van der Waals surface area contributed by atoms with E-state index < -0.39 is 5.91 Å². The zero-order valence-electron chi connectivity index (χ0n) is 11.2. The maximum atomic E-state index is 11.2. The van der Waals surface area contributed by atoms with Crippen LogP contribution in [0.1, 0.15) is 16.8 Å². The maximum Gasteiger partial charge on any atom is 0.252 e. The highest BCUT2D eigenvalue weighted by molar-refractivity contribution is 5.98. The fourth-order valence-electron chi connectivity index (χ4n) is 1.85. The number of nitrogens with two attached hydrogens (primary N) is 1. The Balaban J connectivity index is 1.75. The van der Waals surface area contributed by atoms with Crippen LogP contribution in [0.4, 0.5) is 11.4 Å². The molecular weight excluding hydrogens is 252 g/mol. The van der Waals surface area contributed by atoms with E-state index in [9.17, 15) is 4.79 Å². The predicted molar refractivity (Wildman–Crippen MR) is 80.8 cm³/mol. The molecule has 0 aliphatic rings. The van der Waals surface area contributed by atoms with Gasteiger partial charge in [-0.25, -0.2) is 0 Å². The van der Waals surface area contributed by atoms with Crippen LogP contribution in [-0.2, 0) is 0 Å². The van der Waals surface area contributed by atoms with Crippen LogP contribution in [0.3, 0.4) is 0 Å². The van der Waals surface area contributed by atoms with Crippen molar-refractivity contribution >= 4 is 17.3 Å². The van der Waals surface area contributed by atoms with E-state index in [2.05, 4.69) is 15.6 Å². The lowest BCUT2D eigenvalue weighted by molar-refractivity contribution is 0.100. The van der Waals surface area contributed by atoms with Crippen LogP contribution in [0, 0.1) is 0 Å². The van der Waals surface area contributed by atoms with Crippen molar-refractivity contribution in [3.63, 3.8) is 0 Å². The number of nitrogens with zero attached hydrogens (tertiary/aromatic N) is 1. The second-order valence-electron chi connectivity index (χ2n) is 4.36. The van der Waals surface area contributed by atoms with Crippen molar-refractivity contribution in [2.24, 2.45) is 5.73 Å². The molecule has 5 nitrogen and oxygen atoms in total. The number of carbonyl (C=O) groups excluding carboxylic acids is 1. The summed E-state index contributed by atoms with van der Waals surface area (Å²) in [4.78, 5) is 15.1. The second-order valence-corrected chi connectivity index (χ2v) is 4.36. The van der Waals surface area contributed by atoms with Gasteiger partial charge in [0.1, 0.15) is 0 Å². The van der Waals surface area contributed by atoms with Gasteiger partial charge >= 0.3 is 0 Å². The molecule has 0 unspecified atom stereocenters. The average Bonchev–Trinajstić information content (AvgIpc) is 2.48. The van der Waals surface area contributed by atoms with Gasteiger partial charge in [0.05, 0.1) is 11.3 Å². The summed E-state index contributed by atoms with van der Waals surface area (Å²) >= 11 is 0. The number of nitrogens with one attached hydrogen (secondary N) is 2. The highest BCUT2D eigenvalue weighted by Crippen LogP contribution is 2.12. The van der Waals surface area contributed by atoms with Crippen molar-refractivity contribution in [2.75, 3.05) is 23.7 Å². The molecule has 0 fully saturated rings. The quantitative estimate of drug-likeness (QED) is 0.673. The molecule has 1 aromatic heterocycles. The number of rotatable bonds is 7. The van der Waals surface area contributed by atoms with E-state index in [1.54, 1.807) is 12.3 Å². The first-order valence-corrected chi connectivity index (χ1v) is 6.54. The summed E-state index contributed by atoms with van der Waals surface area (Å²) in [5, 5.41) is 6.52. The molecule has 0 aliphatic heterocycles. The number of carbonyl (C=O) groups is 1. The van der Waals surface area contributed by atoms with E-state index in [1.807, 2.05) is 30.3 Å². The number of hydrogen-bond acceptors (Lipinski definition) is 4. The van der Waals surface area contributed by atoms with E-state index in [0.717, 1.165) is 30.9 Å². The first-order valence-electron chi connectivity index (χ1n) is 6.54. The van der Waals surface area contributed by atoms with Crippen LogP contribution < -0.4 is 16.4 Å². The smallest absolute Gasteiger partial charge is 0.252 e. The van der Waals surface area contributed by atoms with E-state index in [-0.39, 0.29) is 0 Å². The molecular formula is C15H18N4O. The number of anilines is 2. The van der Waals surface area contributed by atoms with Gasteiger partial charge in [0.2, 0.25) is 0 Å². The van der Waals surface area contributed by atoms with Crippen molar-refractivity contribution in [2.45, 2.75) is 6.42 Å². The van der Waals surface area contributed by atoms with Crippen molar-refractivity contribution in [3.8, 4) is 0 Å². The third kappa shape index (κ3) is 3.98. The summed E-state index contributed by atoms with van der Waals surface area (Å²) in [7, 11) is 0. The third-order valence-electron chi connectivity index (χ3n) is 2.86. The minimum Gasteiger partial charge on any atom is -0.385 e. The van der Waals surface area contributed by atoms with E-state index >= 15 is 0 Å². The van der Waals surface area contributed by atoms with Crippen LogP contribution in [0.5, 0.6) is 0 Å². The molecule has 20 heavy (non-hydrogen) atoms. The van der Waals surface area contributed by atoms with E-state index in [1.165, 1.54) is 6.20 Å². The maximum absolute atomic E-state index is 11.2. The van der Waals surface area contributed by atoms with E-state index in [0.29, 0.717) is 5.56 Å². The third-order valence-corrected chi connectivity index (χ3v) is 2.86. The highest BCUT2D eigenvalue weighted by atomic mass is 16.1. The Labute approximate surface area is 118 Å². The molecule has 0 aliphatic carbocycles. The molecule has 2 aromatic rings. The summed E-state index contributed by atoms with van der Waals surface area (Å²) in [6.45, 7) is 1.61. The summed E-state index contributed by atoms with van der Waals surface area (Å²) < 4.78 is 0. The molecule has 0 bridgehead atoms. The number of benzene rings is 1. The lowest BCUT2D eigenvalue weighted by Crippen LogP contribution is -2.16. The van der Waals surface area contributed by atoms with Crippen molar-refractivity contribution < 1.29 is 4.79 Å². The van der Waals surface area contributed by atoms with Crippen LogP contribution >= 0.6 is 0 Å². The number of hydrogen-bond donors (Lipinski definition) is 3. The summed E-state index contributed by atoms with van der Waals surface area (Å²) in [6, 6.07) is 11.8. The zero-order valence-corrected chi connectivity index (χ0v) is 11.2. The molecule has 104 valence electrons. The number of pyridine rings is 1. The van der Waals surface area contributed by atoms with Crippen molar-refractivity contribution in [3.05, 3.63) is 54.4 Å². The molecule has 0 saturated heterocycles. The first-order chi connectivity index (χ1) is 9.77. The van der Waals surface area contributed by atoms with Crippen LogP contribution in [-0.4, -0.2) is 24.0 Å². The largest absolute Gasteiger partial charge is 0.385 e. The topological polar surface area (TPSA) is 80.0 Å². The Hall–Kier alpha value is -2.56. The molecule has 1 heterocycles. The van der Waals surface area contributed by atoms with Crippen LogP contribution in [0.25, 0.3) is 0 Å². The molecule has 0 saturated carbocycles. The van der Waals surface area contributed by atoms with Gasteiger partial charge in [-0.05, 0) is 24.6 Å². The van der Waals surface area contributed by atoms with E-state index in [4.69, 9.17) is 5.73 Å². The minimum atomic E-state index is -0.469. The fraction of sp³-hybridized carbons (Fsp3) is 0.200. The van der Waals surface area contributed by atoms with Crippen LogP contribution in [0.2, 0.25) is 0 Å². The monoisotopic (exact) mass is 270 g/mol. The van der Waals surface area contributed by atoms with Crippen molar-refractivity contribution in [1.82, 2.24) is 4.98 Å². The summed E-state index contributed by atoms with van der Waals surface area (Å²) in [6.07, 6.45) is 4.04. The predicted octanol–water partition coefficient (Wildman–Crippen LogP) is 2.09. The van der Waals surface area contributed by atoms with Gasteiger partial charge in [-0.2, -0.15) is 0 Å². The number of para-hydroxylation sites is 1. The Morgan fingerprint density at radius 3 is 2.60 bits per heavy atom.